The lowest BCUT2D eigenvalue weighted by atomic mass is 10.2. The quantitative estimate of drug-likeness (QED) is 0.831. The first-order valence-corrected chi connectivity index (χ1v) is 7.45. The van der Waals surface area contributed by atoms with Gasteiger partial charge in [-0.3, -0.25) is 0 Å². The Bertz CT molecular complexity index is 384. The lowest BCUT2D eigenvalue weighted by Gasteiger charge is -2.12. The van der Waals surface area contributed by atoms with Gasteiger partial charge in [0.25, 0.3) is 0 Å². The molecule has 0 aliphatic carbocycles. The average Bonchev–Trinajstić information content (AvgIpc) is 2.61. The Morgan fingerprint density at radius 2 is 2.06 bits per heavy atom. The monoisotopic (exact) mass is 267 g/mol. The van der Waals surface area contributed by atoms with Gasteiger partial charge in [-0.05, 0) is 37.7 Å². The average molecular weight is 267 g/mol. The fourth-order valence-corrected chi connectivity index (χ4v) is 2.83. The molecule has 1 heterocycles. The van der Waals surface area contributed by atoms with Crippen LogP contribution in [0.3, 0.4) is 0 Å². The second-order valence-corrected chi connectivity index (χ2v) is 5.73. The van der Waals surface area contributed by atoms with Crippen LogP contribution in [0.25, 0.3) is 0 Å². The molecular formula is C14H21NO2S. The molecular weight excluding hydrogens is 246 g/mol. The lowest BCUT2D eigenvalue weighted by molar-refractivity contribution is 0.297. The number of ether oxygens (including phenoxy) is 2. The molecule has 0 fully saturated rings. The third-order valence-electron chi connectivity index (χ3n) is 2.81. The lowest BCUT2D eigenvalue weighted by Crippen LogP contribution is -2.17. The number of hydrogen-bond donors (Lipinski definition) is 1. The zero-order valence-corrected chi connectivity index (χ0v) is 11.9. The predicted molar refractivity (Wildman–Crippen MR) is 75.9 cm³/mol. The molecule has 2 rings (SSSR count). The van der Waals surface area contributed by atoms with Crippen LogP contribution in [0, 0.1) is 5.92 Å². The van der Waals surface area contributed by atoms with Crippen LogP contribution in [0.5, 0.6) is 11.5 Å². The Morgan fingerprint density at radius 1 is 1.28 bits per heavy atom. The van der Waals surface area contributed by atoms with Gasteiger partial charge in [0.15, 0.2) is 11.5 Å². The first kappa shape index (κ1) is 13.6. The van der Waals surface area contributed by atoms with Gasteiger partial charge in [0.05, 0.1) is 13.2 Å². The van der Waals surface area contributed by atoms with Crippen LogP contribution in [-0.2, 0) is 0 Å². The molecule has 1 unspecified atom stereocenters. The standard InChI is InChI=1S/C14H21NO2S/c1-11(9-15-2)10-18-12-4-5-13-14(8-12)17-7-3-6-16-13/h4-5,8,11,15H,3,6-7,9-10H2,1-2H3. The number of hydrogen-bond acceptors (Lipinski definition) is 4. The molecule has 0 spiro atoms. The molecule has 1 aliphatic rings. The highest BCUT2D eigenvalue weighted by molar-refractivity contribution is 7.99. The van der Waals surface area contributed by atoms with Crippen molar-refractivity contribution in [3.05, 3.63) is 18.2 Å². The predicted octanol–water partition coefficient (Wildman–Crippen LogP) is 2.80. The van der Waals surface area contributed by atoms with Gasteiger partial charge in [-0.25, -0.2) is 0 Å². The van der Waals surface area contributed by atoms with Gasteiger partial charge in [0.2, 0.25) is 0 Å². The van der Waals surface area contributed by atoms with E-state index in [-0.39, 0.29) is 0 Å². The van der Waals surface area contributed by atoms with E-state index in [4.69, 9.17) is 9.47 Å². The Balaban J connectivity index is 1.95. The molecule has 0 radical (unpaired) electrons. The van der Waals surface area contributed by atoms with Gasteiger partial charge in [-0.1, -0.05) is 6.92 Å². The number of nitrogens with one attached hydrogen (secondary N) is 1. The maximum absolute atomic E-state index is 5.69. The Labute approximate surface area is 113 Å². The van der Waals surface area contributed by atoms with E-state index >= 15 is 0 Å². The molecule has 1 aromatic carbocycles. The van der Waals surface area contributed by atoms with Crippen LogP contribution in [-0.4, -0.2) is 32.6 Å². The summed E-state index contributed by atoms with van der Waals surface area (Å²) in [5.74, 6) is 3.54. The summed E-state index contributed by atoms with van der Waals surface area (Å²) >= 11 is 1.87. The normalized spacial score (nSPS) is 16.1. The number of benzene rings is 1. The summed E-state index contributed by atoms with van der Waals surface area (Å²) in [6, 6.07) is 6.23. The van der Waals surface area contributed by atoms with Crippen LogP contribution in [0.15, 0.2) is 23.1 Å². The van der Waals surface area contributed by atoms with E-state index in [0.717, 1.165) is 43.4 Å². The smallest absolute Gasteiger partial charge is 0.162 e. The summed E-state index contributed by atoms with van der Waals surface area (Å²) in [5, 5.41) is 3.20. The zero-order valence-electron chi connectivity index (χ0n) is 11.1. The summed E-state index contributed by atoms with van der Waals surface area (Å²) < 4.78 is 11.3. The van der Waals surface area contributed by atoms with E-state index in [1.807, 2.05) is 24.9 Å². The van der Waals surface area contributed by atoms with Crippen molar-refractivity contribution in [2.24, 2.45) is 5.92 Å². The molecule has 3 nitrogen and oxygen atoms in total. The van der Waals surface area contributed by atoms with Gasteiger partial charge in [-0.15, -0.1) is 11.8 Å². The van der Waals surface area contributed by atoms with E-state index in [1.54, 1.807) is 0 Å². The highest BCUT2D eigenvalue weighted by atomic mass is 32.2. The topological polar surface area (TPSA) is 30.5 Å². The molecule has 0 saturated heterocycles. The summed E-state index contributed by atoms with van der Waals surface area (Å²) in [6.45, 7) is 4.81. The Hall–Kier alpha value is -0.870. The minimum absolute atomic E-state index is 0.663. The van der Waals surface area contributed by atoms with Crippen molar-refractivity contribution >= 4 is 11.8 Å². The first-order chi connectivity index (χ1) is 8.79. The third-order valence-corrected chi connectivity index (χ3v) is 4.13. The minimum atomic E-state index is 0.663. The highest BCUT2D eigenvalue weighted by Gasteiger charge is 2.11. The number of thioether (sulfide) groups is 1. The second kappa shape index (κ2) is 6.90. The highest BCUT2D eigenvalue weighted by Crippen LogP contribution is 2.34. The van der Waals surface area contributed by atoms with E-state index in [1.165, 1.54) is 4.90 Å². The van der Waals surface area contributed by atoms with Gasteiger partial charge in [0.1, 0.15) is 0 Å². The summed E-state index contributed by atoms with van der Waals surface area (Å²) in [4.78, 5) is 1.25. The van der Waals surface area contributed by atoms with Crippen molar-refractivity contribution in [2.45, 2.75) is 18.2 Å². The SMILES string of the molecule is CNCC(C)CSc1ccc2c(c1)OCCCO2. The van der Waals surface area contributed by atoms with Crippen LogP contribution < -0.4 is 14.8 Å². The second-order valence-electron chi connectivity index (χ2n) is 4.63. The van der Waals surface area contributed by atoms with Crippen molar-refractivity contribution < 1.29 is 9.47 Å². The minimum Gasteiger partial charge on any atom is -0.490 e. The number of rotatable bonds is 5. The van der Waals surface area contributed by atoms with E-state index in [9.17, 15) is 0 Å². The van der Waals surface area contributed by atoms with E-state index in [2.05, 4.69) is 24.4 Å². The van der Waals surface area contributed by atoms with Crippen LogP contribution in [0.2, 0.25) is 0 Å². The van der Waals surface area contributed by atoms with Gasteiger partial charge in [0, 0.05) is 17.1 Å². The van der Waals surface area contributed by atoms with Crippen LogP contribution in [0.1, 0.15) is 13.3 Å². The summed E-state index contributed by atoms with van der Waals surface area (Å²) in [6.07, 6.45) is 0.955. The molecule has 1 atom stereocenters. The fourth-order valence-electron chi connectivity index (χ4n) is 1.88. The van der Waals surface area contributed by atoms with Crippen molar-refractivity contribution in [1.82, 2.24) is 5.32 Å². The third kappa shape index (κ3) is 3.82. The molecule has 0 saturated carbocycles. The van der Waals surface area contributed by atoms with Gasteiger partial charge in [-0.2, -0.15) is 0 Å². The molecule has 1 N–H and O–H groups in total. The largest absolute Gasteiger partial charge is 0.490 e. The zero-order chi connectivity index (χ0) is 12.8. The van der Waals surface area contributed by atoms with Crippen molar-refractivity contribution in [1.29, 1.82) is 0 Å². The molecule has 0 amide bonds. The van der Waals surface area contributed by atoms with Crippen LogP contribution in [0.4, 0.5) is 0 Å². The molecule has 18 heavy (non-hydrogen) atoms. The van der Waals surface area contributed by atoms with E-state index in [0.29, 0.717) is 5.92 Å². The fraction of sp³-hybridized carbons (Fsp3) is 0.571. The van der Waals surface area contributed by atoms with Gasteiger partial charge < -0.3 is 14.8 Å². The Morgan fingerprint density at radius 3 is 2.83 bits per heavy atom. The summed E-state index contributed by atoms with van der Waals surface area (Å²) in [5.41, 5.74) is 0. The van der Waals surface area contributed by atoms with Crippen molar-refractivity contribution in [3.8, 4) is 11.5 Å². The molecule has 1 aliphatic heterocycles. The van der Waals surface area contributed by atoms with Crippen molar-refractivity contribution in [2.75, 3.05) is 32.6 Å². The molecule has 4 heteroatoms. The summed E-state index contributed by atoms with van der Waals surface area (Å²) in [7, 11) is 1.99. The molecule has 1 aromatic rings. The number of fused-ring (bicyclic) bond motifs is 1. The van der Waals surface area contributed by atoms with Crippen molar-refractivity contribution in [3.63, 3.8) is 0 Å². The molecule has 0 bridgehead atoms. The molecule has 0 aromatic heterocycles. The van der Waals surface area contributed by atoms with Crippen LogP contribution >= 0.6 is 11.8 Å². The maximum Gasteiger partial charge on any atom is 0.162 e. The van der Waals surface area contributed by atoms with Gasteiger partial charge >= 0.3 is 0 Å². The Kier molecular flexibility index (Phi) is 5.20. The maximum atomic E-state index is 5.69. The molecule has 100 valence electrons. The van der Waals surface area contributed by atoms with E-state index < -0.39 is 0 Å². The first-order valence-electron chi connectivity index (χ1n) is 6.46.